The quantitative estimate of drug-likeness (QED) is 0.687. The summed E-state index contributed by atoms with van der Waals surface area (Å²) in [6.07, 6.45) is 3.92. The monoisotopic (exact) mass is 405 g/mol. The minimum Gasteiger partial charge on any atom is -0.496 e. The zero-order valence-corrected chi connectivity index (χ0v) is 17.6. The number of piperidine rings is 1. The van der Waals surface area contributed by atoms with E-state index in [9.17, 15) is 14.4 Å². The van der Waals surface area contributed by atoms with E-state index in [-0.39, 0.29) is 17.2 Å². The average Bonchev–Trinajstić information content (AvgIpc) is 2.96. The number of amides is 1. The summed E-state index contributed by atoms with van der Waals surface area (Å²) < 4.78 is 12.1. The molecule has 0 saturated carbocycles. The molecule has 29 heavy (non-hydrogen) atoms. The van der Waals surface area contributed by atoms with E-state index in [4.69, 9.17) is 9.47 Å². The molecule has 3 rings (SSSR count). The molecule has 160 valence electrons. The fourth-order valence-corrected chi connectivity index (χ4v) is 4.42. The van der Waals surface area contributed by atoms with Crippen LogP contribution in [-0.4, -0.2) is 72.7 Å². The molecule has 2 aliphatic rings. The zero-order valence-electron chi connectivity index (χ0n) is 17.6. The second-order valence-corrected chi connectivity index (χ2v) is 7.65. The van der Waals surface area contributed by atoms with Crippen LogP contribution in [-0.2, 0) is 22.5 Å². The number of carbonyl (C=O) groups excluding carboxylic acids is 2. The van der Waals surface area contributed by atoms with Crippen LogP contribution >= 0.6 is 0 Å². The van der Waals surface area contributed by atoms with Crippen LogP contribution < -0.4 is 10.3 Å². The van der Waals surface area contributed by atoms with Crippen molar-refractivity contribution in [2.45, 2.75) is 51.6 Å². The van der Waals surface area contributed by atoms with E-state index >= 15 is 0 Å². The Balaban J connectivity index is 2.03. The first-order valence-electron chi connectivity index (χ1n) is 10.4. The first-order chi connectivity index (χ1) is 14.0. The third kappa shape index (κ3) is 4.32. The predicted octanol–water partition coefficient (Wildman–Crippen LogP) is 1.29. The van der Waals surface area contributed by atoms with Gasteiger partial charge < -0.3 is 23.8 Å². The van der Waals surface area contributed by atoms with Gasteiger partial charge in [0.15, 0.2) is 0 Å². The van der Waals surface area contributed by atoms with Crippen LogP contribution in [0.25, 0.3) is 0 Å². The Hall–Kier alpha value is -2.35. The van der Waals surface area contributed by atoms with Crippen LogP contribution in [0.15, 0.2) is 10.9 Å². The summed E-state index contributed by atoms with van der Waals surface area (Å²) in [7, 11) is 2.81. The summed E-state index contributed by atoms with van der Waals surface area (Å²) in [5, 5.41) is 0. The van der Waals surface area contributed by atoms with Crippen LogP contribution in [0.1, 0.15) is 48.7 Å². The fourth-order valence-electron chi connectivity index (χ4n) is 4.42. The number of esters is 1. The second-order valence-electron chi connectivity index (χ2n) is 7.65. The number of fused-ring (bicyclic) bond motifs is 1. The van der Waals surface area contributed by atoms with Gasteiger partial charge in [0.25, 0.3) is 11.5 Å². The number of aromatic nitrogens is 1. The molecule has 0 bridgehead atoms. The maximum Gasteiger partial charge on any atom is 0.328 e. The standard InChI is InChI=1S/C21H31N3O5/c1-4-9-22-11-8-15-19(17(28-2)14-18(25)23(15)13-12-22)20(26)24-10-6-5-7-16(24)21(27)29-3/h14,16H,4-13H2,1-3H3/t16-/m1/s1. The minimum absolute atomic E-state index is 0.157. The molecule has 1 saturated heterocycles. The highest BCUT2D eigenvalue weighted by molar-refractivity contribution is 6.00. The lowest BCUT2D eigenvalue weighted by Gasteiger charge is -2.34. The Labute approximate surface area is 171 Å². The molecule has 1 aromatic heterocycles. The Bertz CT molecular complexity index is 819. The number of carbonyl (C=O) groups is 2. The van der Waals surface area contributed by atoms with Crippen molar-refractivity contribution in [1.29, 1.82) is 0 Å². The van der Waals surface area contributed by atoms with E-state index < -0.39 is 12.0 Å². The number of nitrogens with zero attached hydrogens (tertiary/aromatic N) is 3. The lowest BCUT2D eigenvalue weighted by Crippen LogP contribution is -2.49. The Morgan fingerprint density at radius 1 is 1.14 bits per heavy atom. The van der Waals surface area contributed by atoms with Crippen LogP contribution in [0.2, 0.25) is 0 Å². The molecule has 0 spiro atoms. The first-order valence-corrected chi connectivity index (χ1v) is 10.4. The van der Waals surface area contributed by atoms with E-state index in [1.165, 1.54) is 20.3 Å². The lowest BCUT2D eigenvalue weighted by atomic mass is 9.99. The van der Waals surface area contributed by atoms with E-state index in [0.717, 1.165) is 38.9 Å². The Morgan fingerprint density at radius 3 is 2.62 bits per heavy atom. The zero-order chi connectivity index (χ0) is 21.0. The van der Waals surface area contributed by atoms with Crippen molar-refractivity contribution < 1.29 is 19.1 Å². The highest BCUT2D eigenvalue weighted by Gasteiger charge is 2.36. The summed E-state index contributed by atoms with van der Waals surface area (Å²) in [6, 6.07) is 0.796. The molecule has 1 aromatic rings. The van der Waals surface area contributed by atoms with Crippen molar-refractivity contribution in [2.75, 3.05) is 40.4 Å². The molecule has 8 nitrogen and oxygen atoms in total. The largest absolute Gasteiger partial charge is 0.496 e. The highest BCUT2D eigenvalue weighted by Crippen LogP contribution is 2.28. The summed E-state index contributed by atoms with van der Waals surface area (Å²) in [5.41, 5.74) is 0.948. The van der Waals surface area contributed by atoms with Gasteiger partial charge in [-0.2, -0.15) is 0 Å². The van der Waals surface area contributed by atoms with Crippen LogP contribution in [0.5, 0.6) is 5.75 Å². The topological polar surface area (TPSA) is 81.1 Å². The molecular formula is C21H31N3O5. The molecule has 0 radical (unpaired) electrons. The van der Waals surface area contributed by atoms with Crippen LogP contribution in [0, 0.1) is 0 Å². The van der Waals surface area contributed by atoms with Crippen molar-refractivity contribution in [3.05, 3.63) is 27.7 Å². The summed E-state index contributed by atoms with van der Waals surface area (Å²) in [6.45, 7) is 5.67. The molecule has 1 atom stereocenters. The third-order valence-corrected chi connectivity index (χ3v) is 5.90. The minimum atomic E-state index is -0.596. The van der Waals surface area contributed by atoms with Gasteiger partial charge in [-0.15, -0.1) is 0 Å². The number of ether oxygens (including phenoxy) is 2. The van der Waals surface area contributed by atoms with Gasteiger partial charge in [0, 0.05) is 44.4 Å². The molecule has 1 amide bonds. The van der Waals surface area contributed by atoms with Gasteiger partial charge in [-0.1, -0.05) is 6.92 Å². The second kappa shape index (κ2) is 9.43. The predicted molar refractivity (Wildman–Crippen MR) is 108 cm³/mol. The first kappa shape index (κ1) is 21.4. The van der Waals surface area contributed by atoms with Crippen molar-refractivity contribution in [1.82, 2.24) is 14.4 Å². The average molecular weight is 405 g/mol. The van der Waals surface area contributed by atoms with Crippen LogP contribution in [0.4, 0.5) is 0 Å². The SMILES string of the molecule is CCCN1CCc2c(C(=O)N3CCCC[C@@H]3C(=O)OC)c(OC)cc(=O)n2CC1. The third-order valence-electron chi connectivity index (χ3n) is 5.90. The molecule has 2 aliphatic heterocycles. The van der Waals surface area contributed by atoms with Gasteiger partial charge in [-0.25, -0.2) is 4.79 Å². The van der Waals surface area contributed by atoms with Crippen molar-refractivity contribution in [3.63, 3.8) is 0 Å². The van der Waals surface area contributed by atoms with E-state index in [2.05, 4.69) is 11.8 Å². The van der Waals surface area contributed by atoms with E-state index in [0.29, 0.717) is 37.2 Å². The van der Waals surface area contributed by atoms with Gasteiger partial charge in [0.2, 0.25) is 0 Å². The Kier molecular flexibility index (Phi) is 6.95. The number of hydrogen-bond donors (Lipinski definition) is 0. The van der Waals surface area contributed by atoms with Crippen molar-refractivity contribution in [3.8, 4) is 5.75 Å². The highest BCUT2D eigenvalue weighted by atomic mass is 16.5. The molecule has 3 heterocycles. The number of hydrogen-bond acceptors (Lipinski definition) is 6. The molecule has 0 aromatic carbocycles. The molecule has 8 heteroatoms. The van der Waals surface area contributed by atoms with E-state index in [1.807, 2.05) is 0 Å². The number of pyridine rings is 1. The number of methoxy groups -OCH3 is 2. The van der Waals surface area contributed by atoms with Gasteiger partial charge in [0.1, 0.15) is 17.4 Å². The molecule has 0 aliphatic carbocycles. The van der Waals surface area contributed by atoms with Crippen LogP contribution in [0.3, 0.4) is 0 Å². The van der Waals surface area contributed by atoms with Crippen molar-refractivity contribution in [2.24, 2.45) is 0 Å². The van der Waals surface area contributed by atoms with Crippen molar-refractivity contribution >= 4 is 11.9 Å². The molecule has 0 unspecified atom stereocenters. The maximum absolute atomic E-state index is 13.6. The molecule has 1 fully saturated rings. The smallest absolute Gasteiger partial charge is 0.328 e. The van der Waals surface area contributed by atoms with Gasteiger partial charge in [0.05, 0.1) is 14.2 Å². The van der Waals surface area contributed by atoms with E-state index in [1.54, 1.807) is 9.47 Å². The normalized spacial score (nSPS) is 20.0. The molecular weight excluding hydrogens is 374 g/mol. The molecule has 0 N–H and O–H groups in total. The van der Waals surface area contributed by atoms with Gasteiger partial charge >= 0.3 is 5.97 Å². The summed E-state index contributed by atoms with van der Waals surface area (Å²) in [5.74, 6) is -0.376. The number of rotatable bonds is 5. The summed E-state index contributed by atoms with van der Waals surface area (Å²) in [4.78, 5) is 42.5. The lowest BCUT2D eigenvalue weighted by molar-refractivity contribution is -0.147. The Morgan fingerprint density at radius 2 is 1.93 bits per heavy atom. The number of likely N-dealkylation sites (tertiary alicyclic amines) is 1. The van der Waals surface area contributed by atoms with Gasteiger partial charge in [-0.05, 0) is 32.2 Å². The fraction of sp³-hybridized carbons (Fsp3) is 0.667. The maximum atomic E-state index is 13.6. The van der Waals surface area contributed by atoms with Gasteiger partial charge in [-0.3, -0.25) is 9.59 Å². The summed E-state index contributed by atoms with van der Waals surface area (Å²) >= 11 is 0.